The number of guanidine groups is 1. The van der Waals surface area contributed by atoms with Crippen LogP contribution in [0, 0.1) is 0 Å². The van der Waals surface area contributed by atoms with E-state index in [9.17, 15) is 0 Å². The standard InChI is InChI=1S/C16H27N3S2.HI/c1-4-17-15(19-12-16(3)7-5-8-21-16)18-10-13(2)14-6-9-20-11-14;/h6,9,11,13H,4-5,7-8,10,12H2,1-3H3,(H2,17,18,19);1H. The van der Waals surface area contributed by atoms with Crippen LogP contribution in [0.3, 0.4) is 0 Å². The first-order chi connectivity index (χ1) is 10.1. The molecule has 2 N–H and O–H groups in total. The molecule has 1 aliphatic heterocycles. The van der Waals surface area contributed by atoms with Gasteiger partial charge in [-0.2, -0.15) is 23.1 Å². The predicted molar refractivity (Wildman–Crippen MR) is 112 cm³/mol. The van der Waals surface area contributed by atoms with Gasteiger partial charge in [0.25, 0.3) is 0 Å². The molecule has 3 nitrogen and oxygen atoms in total. The maximum Gasteiger partial charge on any atom is 0.191 e. The van der Waals surface area contributed by atoms with Crippen LogP contribution in [0.2, 0.25) is 0 Å². The molecule has 0 saturated carbocycles. The highest BCUT2D eigenvalue weighted by Crippen LogP contribution is 2.37. The van der Waals surface area contributed by atoms with E-state index in [0.717, 1.165) is 25.6 Å². The highest BCUT2D eigenvalue weighted by molar-refractivity contribution is 14.0. The molecule has 1 aromatic heterocycles. The van der Waals surface area contributed by atoms with Crippen molar-refractivity contribution < 1.29 is 0 Å². The van der Waals surface area contributed by atoms with Gasteiger partial charge in [0.05, 0.1) is 6.54 Å². The zero-order valence-electron chi connectivity index (χ0n) is 13.7. The molecule has 6 heteroatoms. The van der Waals surface area contributed by atoms with Crippen LogP contribution < -0.4 is 10.6 Å². The summed E-state index contributed by atoms with van der Waals surface area (Å²) in [6, 6.07) is 2.21. The summed E-state index contributed by atoms with van der Waals surface area (Å²) in [6.07, 6.45) is 2.61. The van der Waals surface area contributed by atoms with E-state index in [1.54, 1.807) is 11.3 Å². The Bertz CT molecular complexity index is 442. The zero-order chi connectivity index (χ0) is 15.1. The minimum absolute atomic E-state index is 0. The van der Waals surface area contributed by atoms with Crippen molar-refractivity contribution in [1.82, 2.24) is 10.6 Å². The Labute approximate surface area is 160 Å². The van der Waals surface area contributed by atoms with Gasteiger partial charge in [0.1, 0.15) is 0 Å². The molecule has 0 radical (unpaired) electrons. The second-order valence-corrected chi connectivity index (χ2v) is 8.40. The van der Waals surface area contributed by atoms with Crippen LogP contribution in [0.15, 0.2) is 21.8 Å². The van der Waals surface area contributed by atoms with Gasteiger partial charge in [-0.1, -0.05) is 6.92 Å². The highest BCUT2D eigenvalue weighted by Gasteiger charge is 2.29. The van der Waals surface area contributed by atoms with E-state index in [4.69, 9.17) is 4.99 Å². The van der Waals surface area contributed by atoms with Crippen molar-refractivity contribution in [3.05, 3.63) is 22.4 Å². The molecule has 2 heterocycles. The summed E-state index contributed by atoms with van der Waals surface area (Å²) in [7, 11) is 0. The van der Waals surface area contributed by atoms with Gasteiger partial charge in [-0.05, 0) is 60.7 Å². The summed E-state index contributed by atoms with van der Waals surface area (Å²) in [5, 5.41) is 11.2. The average molecular weight is 453 g/mol. The Morgan fingerprint density at radius 2 is 2.27 bits per heavy atom. The Morgan fingerprint density at radius 1 is 1.45 bits per heavy atom. The number of halogens is 1. The van der Waals surface area contributed by atoms with Crippen molar-refractivity contribution >= 4 is 53.0 Å². The molecule has 126 valence electrons. The summed E-state index contributed by atoms with van der Waals surface area (Å²) in [4.78, 5) is 4.80. The van der Waals surface area contributed by atoms with Crippen LogP contribution in [0.1, 0.15) is 45.1 Å². The minimum atomic E-state index is 0. The lowest BCUT2D eigenvalue weighted by Gasteiger charge is -2.21. The number of hydrogen-bond donors (Lipinski definition) is 2. The SMILES string of the molecule is CCNC(=NCC1(C)CCCS1)NCC(C)c1ccsc1.I. The quantitative estimate of drug-likeness (QED) is 0.383. The van der Waals surface area contributed by atoms with E-state index in [1.165, 1.54) is 24.2 Å². The summed E-state index contributed by atoms with van der Waals surface area (Å²) in [5.41, 5.74) is 1.40. The van der Waals surface area contributed by atoms with Gasteiger partial charge in [0.15, 0.2) is 5.96 Å². The number of hydrogen-bond acceptors (Lipinski definition) is 3. The number of aliphatic imine (C=N–C) groups is 1. The number of nitrogens with one attached hydrogen (secondary N) is 2. The van der Waals surface area contributed by atoms with E-state index in [1.807, 2.05) is 0 Å². The second-order valence-electron chi connectivity index (χ2n) is 5.94. The van der Waals surface area contributed by atoms with Crippen LogP contribution in [-0.2, 0) is 0 Å². The number of thiophene rings is 1. The summed E-state index contributed by atoms with van der Waals surface area (Å²) in [6.45, 7) is 9.44. The van der Waals surface area contributed by atoms with E-state index in [2.05, 4.69) is 60.0 Å². The molecule has 2 atom stereocenters. The van der Waals surface area contributed by atoms with Gasteiger partial charge < -0.3 is 10.6 Å². The first-order valence-electron chi connectivity index (χ1n) is 7.81. The molecule has 1 saturated heterocycles. The summed E-state index contributed by atoms with van der Waals surface area (Å²) < 4.78 is 0.335. The number of rotatable bonds is 6. The molecular formula is C16H28IN3S2. The van der Waals surface area contributed by atoms with Crippen LogP contribution in [-0.4, -0.2) is 36.1 Å². The smallest absolute Gasteiger partial charge is 0.191 e. The van der Waals surface area contributed by atoms with E-state index in [-0.39, 0.29) is 24.0 Å². The van der Waals surface area contributed by atoms with Crippen LogP contribution >= 0.6 is 47.1 Å². The molecule has 1 fully saturated rings. The number of thioether (sulfide) groups is 1. The van der Waals surface area contributed by atoms with Crippen LogP contribution in [0.4, 0.5) is 0 Å². The van der Waals surface area contributed by atoms with E-state index >= 15 is 0 Å². The maximum absolute atomic E-state index is 4.80. The second kappa shape index (κ2) is 10.0. The lowest BCUT2D eigenvalue weighted by atomic mass is 10.1. The van der Waals surface area contributed by atoms with Crippen molar-refractivity contribution in [2.45, 2.75) is 44.3 Å². The Hall–Kier alpha value is 0.0500. The summed E-state index contributed by atoms with van der Waals surface area (Å²) >= 11 is 3.83. The van der Waals surface area contributed by atoms with Crippen molar-refractivity contribution in [3.63, 3.8) is 0 Å². The molecule has 0 bridgehead atoms. The monoisotopic (exact) mass is 453 g/mol. The third-order valence-corrected chi connectivity index (χ3v) is 6.13. The van der Waals surface area contributed by atoms with Crippen molar-refractivity contribution in [1.29, 1.82) is 0 Å². The molecule has 1 aliphatic rings. The molecule has 1 aromatic rings. The molecule has 2 rings (SSSR count). The van der Waals surface area contributed by atoms with Crippen LogP contribution in [0.25, 0.3) is 0 Å². The van der Waals surface area contributed by atoms with Gasteiger partial charge in [-0.25, -0.2) is 0 Å². The number of nitrogens with zero attached hydrogens (tertiary/aromatic N) is 1. The Balaban J connectivity index is 0.00000242. The topological polar surface area (TPSA) is 36.4 Å². The van der Waals surface area contributed by atoms with Gasteiger partial charge >= 0.3 is 0 Å². The molecular weight excluding hydrogens is 425 g/mol. The zero-order valence-corrected chi connectivity index (χ0v) is 17.7. The normalized spacial score (nSPS) is 23.0. The molecule has 2 unspecified atom stereocenters. The first kappa shape index (κ1) is 20.1. The molecule has 22 heavy (non-hydrogen) atoms. The van der Waals surface area contributed by atoms with Gasteiger partial charge in [-0.3, -0.25) is 4.99 Å². The molecule has 0 amide bonds. The van der Waals surface area contributed by atoms with Gasteiger partial charge in [0, 0.05) is 17.8 Å². The third kappa shape index (κ3) is 6.28. The van der Waals surface area contributed by atoms with E-state index < -0.39 is 0 Å². The average Bonchev–Trinajstić information content (AvgIpc) is 3.13. The lowest BCUT2D eigenvalue weighted by molar-refractivity contribution is 0.612. The van der Waals surface area contributed by atoms with E-state index in [0.29, 0.717) is 10.7 Å². The molecule has 0 aliphatic carbocycles. The Morgan fingerprint density at radius 3 is 2.86 bits per heavy atom. The predicted octanol–water partition coefficient (Wildman–Crippen LogP) is 4.31. The fourth-order valence-electron chi connectivity index (χ4n) is 2.47. The first-order valence-corrected chi connectivity index (χ1v) is 9.74. The largest absolute Gasteiger partial charge is 0.357 e. The van der Waals surface area contributed by atoms with Gasteiger partial charge in [0.2, 0.25) is 0 Å². The van der Waals surface area contributed by atoms with Crippen LogP contribution in [0.5, 0.6) is 0 Å². The van der Waals surface area contributed by atoms with Crippen molar-refractivity contribution in [2.24, 2.45) is 4.99 Å². The highest BCUT2D eigenvalue weighted by atomic mass is 127. The van der Waals surface area contributed by atoms with Crippen molar-refractivity contribution in [2.75, 3.05) is 25.4 Å². The summed E-state index contributed by atoms with van der Waals surface area (Å²) in [5.74, 6) is 2.75. The fourth-order valence-corrected chi connectivity index (χ4v) is 4.48. The maximum atomic E-state index is 4.80. The van der Waals surface area contributed by atoms with Crippen molar-refractivity contribution in [3.8, 4) is 0 Å². The molecule has 0 spiro atoms. The minimum Gasteiger partial charge on any atom is -0.357 e. The van der Waals surface area contributed by atoms with Gasteiger partial charge in [-0.15, -0.1) is 24.0 Å². The lowest BCUT2D eigenvalue weighted by Crippen LogP contribution is -2.40. The molecule has 0 aromatic carbocycles. The Kier molecular flexibility index (Phi) is 9.16. The fraction of sp³-hybridized carbons (Fsp3) is 0.688. The third-order valence-electron chi connectivity index (χ3n) is 3.90.